The smallest absolute Gasteiger partial charge is 0.259 e. The summed E-state index contributed by atoms with van der Waals surface area (Å²) in [6.45, 7) is 5.80. The Bertz CT molecular complexity index is 1070. The number of hydrogen-bond acceptors (Lipinski definition) is 4. The fourth-order valence-electron chi connectivity index (χ4n) is 3.17. The third-order valence-electron chi connectivity index (χ3n) is 4.71. The van der Waals surface area contributed by atoms with Crippen molar-refractivity contribution in [3.05, 3.63) is 75.8 Å². The molecule has 0 radical (unpaired) electrons. The van der Waals surface area contributed by atoms with E-state index in [1.165, 1.54) is 0 Å². The van der Waals surface area contributed by atoms with Gasteiger partial charge in [-0.15, -0.1) is 5.10 Å². The molecule has 0 saturated heterocycles. The zero-order chi connectivity index (χ0) is 19.1. The van der Waals surface area contributed by atoms with Gasteiger partial charge in [-0.3, -0.25) is 4.79 Å². The predicted molar refractivity (Wildman–Crippen MR) is 104 cm³/mol. The number of rotatable bonds is 2. The first-order valence-corrected chi connectivity index (χ1v) is 9.00. The lowest BCUT2D eigenvalue weighted by Crippen LogP contribution is -2.31. The highest BCUT2D eigenvalue weighted by Crippen LogP contribution is 2.32. The fourth-order valence-corrected chi connectivity index (χ4v) is 3.37. The summed E-state index contributed by atoms with van der Waals surface area (Å²) in [7, 11) is 0. The van der Waals surface area contributed by atoms with E-state index in [0.717, 1.165) is 22.5 Å². The minimum absolute atomic E-state index is 0.165. The molecule has 1 aromatic carbocycles. The molecule has 2 aromatic heterocycles. The first kappa shape index (κ1) is 17.4. The second-order valence-electron chi connectivity index (χ2n) is 6.60. The van der Waals surface area contributed by atoms with E-state index in [1.54, 1.807) is 28.0 Å². The average Bonchev–Trinajstić information content (AvgIpc) is 3.09. The molecule has 0 fully saturated rings. The lowest BCUT2D eigenvalue weighted by Gasteiger charge is -2.28. The number of halogens is 1. The van der Waals surface area contributed by atoms with Crippen molar-refractivity contribution >= 4 is 23.6 Å². The van der Waals surface area contributed by atoms with Crippen molar-refractivity contribution in [1.29, 1.82) is 0 Å². The monoisotopic (exact) mass is 379 g/mol. The molecule has 6 nitrogen and oxygen atoms in total. The van der Waals surface area contributed by atoms with Crippen molar-refractivity contribution in [2.45, 2.75) is 26.8 Å². The van der Waals surface area contributed by atoms with Crippen molar-refractivity contribution in [2.75, 3.05) is 0 Å². The maximum absolute atomic E-state index is 13.0. The molecule has 1 aliphatic heterocycles. The molecule has 1 amide bonds. The summed E-state index contributed by atoms with van der Waals surface area (Å²) in [5.74, 6) is 0.531. The van der Waals surface area contributed by atoms with E-state index >= 15 is 0 Å². The highest BCUT2D eigenvalue weighted by atomic mass is 35.5. The van der Waals surface area contributed by atoms with Crippen molar-refractivity contribution in [1.82, 2.24) is 24.9 Å². The summed E-state index contributed by atoms with van der Waals surface area (Å²) in [6, 6.07) is 9.05. The molecule has 136 valence electrons. The Balaban J connectivity index is 1.71. The molecule has 0 saturated carbocycles. The largest absolute Gasteiger partial charge is 0.306 e. The number of nitrogens with zero attached hydrogens (tertiary/aromatic N) is 5. The quantitative estimate of drug-likeness (QED) is 0.671. The molecule has 27 heavy (non-hydrogen) atoms. The van der Waals surface area contributed by atoms with E-state index < -0.39 is 0 Å². The van der Waals surface area contributed by atoms with Crippen molar-refractivity contribution < 1.29 is 4.79 Å². The second kappa shape index (κ2) is 6.63. The third-order valence-corrected chi connectivity index (χ3v) is 5.21. The molecular formula is C20H18ClN5O. The van der Waals surface area contributed by atoms with Gasteiger partial charge >= 0.3 is 0 Å². The normalized spacial score (nSPS) is 15.7. The van der Waals surface area contributed by atoms with Crippen LogP contribution in [0.25, 0.3) is 11.9 Å². The number of aromatic nitrogens is 4. The van der Waals surface area contributed by atoms with Crippen LogP contribution in [0.3, 0.4) is 0 Å². The highest BCUT2D eigenvalue weighted by Gasteiger charge is 2.30. The SMILES string of the molecule is Cc1ccnc(-n2nnc3c2C=CN(C(=O)c2cccc(C)c2Cl)C3C)c1. The van der Waals surface area contributed by atoms with Gasteiger partial charge in [-0.05, 0) is 56.2 Å². The van der Waals surface area contributed by atoms with Gasteiger partial charge in [0.05, 0.1) is 22.3 Å². The lowest BCUT2D eigenvalue weighted by molar-refractivity contribution is 0.0774. The maximum atomic E-state index is 13.0. The van der Waals surface area contributed by atoms with Crippen LogP contribution in [-0.2, 0) is 0 Å². The second-order valence-corrected chi connectivity index (χ2v) is 6.98. The number of pyridine rings is 1. The molecule has 0 spiro atoms. The van der Waals surface area contributed by atoms with Gasteiger partial charge in [0.1, 0.15) is 5.69 Å². The number of carbonyl (C=O) groups is 1. The summed E-state index contributed by atoms with van der Waals surface area (Å²) in [6.07, 6.45) is 5.33. The molecule has 0 bridgehead atoms. The van der Waals surface area contributed by atoms with Crippen molar-refractivity contribution in [2.24, 2.45) is 0 Å². The van der Waals surface area contributed by atoms with E-state index in [2.05, 4.69) is 15.3 Å². The molecule has 1 unspecified atom stereocenters. The van der Waals surface area contributed by atoms with Gasteiger partial charge in [-0.25, -0.2) is 4.98 Å². The number of amides is 1. The Kier molecular flexibility index (Phi) is 4.28. The van der Waals surface area contributed by atoms with Gasteiger partial charge in [-0.1, -0.05) is 28.9 Å². The number of carbonyl (C=O) groups excluding carboxylic acids is 1. The van der Waals surface area contributed by atoms with Crippen molar-refractivity contribution in [3.63, 3.8) is 0 Å². The number of benzene rings is 1. The molecule has 3 aromatic rings. The van der Waals surface area contributed by atoms with Crippen LogP contribution in [0.4, 0.5) is 0 Å². The summed E-state index contributed by atoms with van der Waals surface area (Å²) in [4.78, 5) is 19.0. The van der Waals surface area contributed by atoms with Gasteiger partial charge in [0.25, 0.3) is 5.91 Å². The first-order valence-electron chi connectivity index (χ1n) is 8.62. The summed E-state index contributed by atoms with van der Waals surface area (Å²) < 4.78 is 1.69. The number of hydrogen-bond donors (Lipinski definition) is 0. The van der Waals surface area contributed by atoms with Crippen LogP contribution in [0.1, 0.15) is 45.8 Å². The van der Waals surface area contributed by atoms with Gasteiger partial charge in [0, 0.05) is 12.4 Å². The molecular weight excluding hydrogens is 362 g/mol. The van der Waals surface area contributed by atoms with Gasteiger partial charge in [-0.2, -0.15) is 4.68 Å². The van der Waals surface area contributed by atoms with E-state index in [9.17, 15) is 4.79 Å². The molecule has 0 aliphatic carbocycles. The van der Waals surface area contributed by atoms with E-state index in [4.69, 9.17) is 11.6 Å². The third kappa shape index (κ3) is 2.92. The Morgan fingerprint density at radius 2 is 2.04 bits per heavy atom. The van der Waals surface area contributed by atoms with Crippen LogP contribution >= 0.6 is 11.6 Å². The van der Waals surface area contributed by atoms with Gasteiger partial charge in [0.2, 0.25) is 0 Å². The minimum atomic E-state index is -0.271. The number of fused-ring (bicyclic) bond motifs is 1. The molecule has 7 heteroatoms. The lowest BCUT2D eigenvalue weighted by atomic mass is 10.1. The van der Waals surface area contributed by atoms with Crippen molar-refractivity contribution in [3.8, 4) is 5.82 Å². The van der Waals surface area contributed by atoms with Gasteiger partial charge in [0.15, 0.2) is 5.82 Å². The Morgan fingerprint density at radius 3 is 2.81 bits per heavy atom. The Hall–Kier alpha value is -2.99. The summed E-state index contributed by atoms with van der Waals surface area (Å²) >= 11 is 6.34. The van der Waals surface area contributed by atoms with E-state index in [1.807, 2.05) is 51.1 Å². The van der Waals surface area contributed by atoms with Crippen LogP contribution in [0.15, 0.2) is 42.7 Å². The highest BCUT2D eigenvalue weighted by molar-refractivity contribution is 6.34. The fraction of sp³-hybridized carbons (Fsp3) is 0.200. The molecule has 1 atom stereocenters. The standard InChI is InChI=1S/C20H18ClN5O/c1-12-7-9-22-17(11-12)26-16-8-10-25(14(3)19(16)23-24-26)20(27)15-6-4-5-13(2)18(15)21/h4-11,14H,1-3H3. The molecule has 1 aliphatic rings. The maximum Gasteiger partial charge on any atom is 0.259 e. The Labute approximate surface area is 162 Å². The molecule has 3 heterocycles. The first-order chi connectivity index (χ1) is 13.0. The summed E-state index contributed by atoms with van der Waals surface area (Å²) in [5.41, 5.74) is 3.97. The molecule has 4 rings (SSSR count). The van der Waals surface area contributed by atoms with Crippen LogP contribution in [0, 0.1) is 13.8 Å². The van der Waals surface area contributed by atoms with Crippen LogP contribution < -0.4 is 0 Å². The number of aryl methyl sites for hydroxylation is 2. The summed E-state index contributed by atoms with van der Waals surface area (Å²) in [5, 5.41) is 9.03. The average molecular weight is 380 g/mol. The zero-order valence-corrected chi connectivity index (χ0v) is 16.0. The minimum Gasteiger partial charge on any atom is -0.306 e. The van der Waals surface area contributed by atoms with Gasteiger partial charge < -0.3 is 4.90 Å². The predicted octanol–water partition coefficient (Wildman–Crippen LogP) is 4.12. The Morgan fingerprint density at radius 1 is 1.22 bits per heavy atom. The van der Waals surface area contributed by atoms with E-state index in [-0.39, 0.29) is 11.9 Å². The van der Waals surface area contributed by atoms with Crippen LogP contribution in [0.2, 0.25) is 5.02 Å². The van der Waals surface area contributed by atoms with E-state index in [0.29, 0.717) is 16.4 Å². The zero-order valence-electron chi connectivity index (χ0n) is 15.2. The molecule has 0 N–H and O–H groups in total. The van der Waals surface area contributed by atoms with Crippen LogP contribution in [-0.4, -0.2) is 30.8 Å². The topological polar surface area (TPSA) is 63.9 Å². The van der Waals surface area contributed by atoms with Crippen LogP contribution in [0.5, 0.6) is 0 Å².